The molecule has 0 aromatic carbocycles. The Bertz CT molecular complexity index is 614. The largest absolute Gasteiger partial charge is 3.00 e. The Morgan fingerprint density at radius 3 is 0.742 bits per heavy atom. The third-order valence-electron chi connectivity index (χ3n) is 1.90. The topological polar surface area (TPSA) is 250 Å². The van der Waals surface area contributed by atoms with Crippen LogP contribution in [0.25, 0.3) is 0 Å². The number of carbonyl (C=O) groups is 9. The molecule has 0 amide bonds. The van der Waals surface area contributed by atoms with E-state index in [-0.39, 0.29) is 17.4 Å². The van der Waals surface area contributed by atoms with Crippen LogP contribution in [0.4, 0.5) is 0 Å². The maximum absolute atomic E-state index is 10.1. The van der Waals surface area contributed by atoms with Gasteiger partial charge >= 0.3 is 35.3 Å². The summed E-state index contributed by atoms with van der Waals surface area (Å²) in [6, 6.07) is 0. The summed E-state index contributed by atoms with van der Waals surface area (Å²) in [5, 5.41) is 29.0. The summed E-state index contributed by atoms with van der Waals surface area (Å²) in [6.07, 6.45) is 0. The van der Waals surface area contributed by atoms with E-state index < -0.39 is 73.0 Å². The molecule has 0 N–H and O–H groups in total. The van der Waals surface area contributed by atoms with Crippen LogP contribution in [-0.4, -0.2) is 73.0 Å². The molecule has 0 saturated heterocycles. The van der Waals surface area contributed by atoms with E-state index in [4.69, 9.17) is 0 Å². The molecule has 0 unspecified atom stereocenters. The van der Waals surface area contributed by atoms with Gasteiger partial charge in [0.1, 0.15) is 17.9 Å². The van der Waals surface area contributed by atoms with Crippen molar-refractivity contribution in [3.8, 4) is 0 Å². The number of ketones is 3. The fourth-order valence-corrected chi connectivity index (χ4v) is 0.678. The van der Waals surface area contributed by atoms with Crippen LogP contribution in [0.5, 0.6) is 0 Å². The zero-order valence-corrected chi connectivity index (χ0v) is 17.4. The predicted molar refractivity (Wildman–Crippen MR) is 79.9 cm³/mol. The van der Waals surface area contributed by atoms with Crippen molar-refractivity contribution in [2.75, 3.05) is 19.8 Å². The summed E-state index contributed by atoms with van der Waals surface area (Å²) in [6.45, 7) is 0.959. The van der Waals surface area contributed by atoms with Crippen molar-refractivity contribution in [1.29, 1.82) is 0 Å². The van der Waals surface area contributed by atoms with E-state index in [1.54, 1.807) is 0 Å². The van der Waals surface area contributed by atoms with Gasteiger partial charge in [0, 0.05) is 20.8 Å². The predicted octanol–water partition coefficient (Wildman–Crippen LogP) is -6.40. The Labute approximate surface area is 184 Å². The molecule has 0 atom stereocenters. The first-order valence-electron chi connectivity index (χ1n) is 7.24. The van der Waals surface area contributed by atoms with Crippen molar-refractivity contribution in [3.63, 3.8) is 0 Å². The van der Waals surface area contributed by atoms with Gasteiger partial charge in [-0.15, -0.1) is 0 Å². The SMILES string of the molecule is CC(=O)OCC(=O)C(=O)[O-].CC(=O)OCC(=O)C(=O)[O-].CC(=O)OCC(=O)C(=O)[O-].[Cr+3]. The number of Topliss-reactive ketones (excluding diaryl/α,β-unsaturated/α-hetero) is 3. The molecule has 0 aromatic rings. The standard InChI is InChI=1S/3C5H6O5.Cr/c3*1-3(6)10-2-4(7)5(8)9;/h3*2H2,1H3,(H,8,9);/q;;;+3/p-3. The maximum atomic E-state index is 10.1. The molecule has 0 bridgehead atoms. The van der Waals surface area contributed by atoms with Crippen molar-refractivity contribution in [2.45, 2.75) is 20.8 Å². The van der Waals surface area contributed by atoms with Gasteiger partial charge in [0.2, 0.25) is 17.3 Å². The van der Waals surface area contributed by atoms with Crippen LogP contribution in [-0.2, 0) is 74.7 Å². The number of hydrogen-bond acceptors (Lipinski definition) is 15. The molecule has 0 spiro atoms. The van der Waals surface area contributed by atoms with Crippen molar-refractivity contribution >= 4 is 53.2 Å². The Kier molecular flexibility index (Phi) is 22.1. The number of carbonyl (C=O) groups excluding carboxylic acids is 9. The average molecular weight is 487 g/mol. The minimum atomic E-state index is -1.85. The number of esters is 3. The average Bonchev–Trinajstić information content (AvgIpc) is 2.62. The van der Waals surface area contributed by atoms with E-state index >= 15 is 0 Å². The van der Waals surface area contributed by atoms with Crippen molar-refractivity contribution < 1.29 is 90.0 Å². The molecular formula is C15H15CrO15. The molecule has 15 nitrogen and oxygen atoms in total. The van der Waals surface area contributed by atoms with E-state index in [9.17, 15) is 58.5 Å². The van der Waals surface area contributed by atoms with Crippen LogP contribution >= 0.6 is 0 Å². The Morgan fingerprint density at radius 2 is 0.645 bits per heavy atom. The second kappa shape index (κ2) is 19.7. The van der Waals surface area contributed by atoms with Crippen LogP contribution < -0.4 is 15.3 Å². The molecule has 16 heteroatoms. The summed E-state index contributed by atoms with van der Waals surface area (Å²) >= 11 is 0. The van der Waals surface area contributed by atoms with Crippen LogP contribution in [0, 0.1) is 0 Å². The molecule has 171 valence electrons. The summed E-state index contributed by atoms with van der Waals surface area (Å²) in [7, 11) is 0. The first-order valence-corrected chi connectivity index (χ1v) is 7.24. The Balaban J connectivity index is -0.000000174. The molecule has 0 aromatic heterocycles. The Morgan fingerprint density at radius 1 is 0.484 bits per heavy atom. The zero-order valence-electron chi connectivity index (χ0n) is 16.2. The number of carboxylic acid groups (broad SMARTS) is 3. The van der Waals surface area contributed by atoms with Gasteiger partial charge in [-0.25, -0.2) is 0 Å². The van der Waals surface area contributed by atoms with Crippen molar-refractivity contribution in [3.05, 3.63) is 0 Å². The summed E-state index contributed by atoms with van der Waals surface area (Å²) < 4.78 is 12.2. The fourth-order valence-electron chi connectivity index (χ4n) is 0.678. The van der Waals surface area contributed by atoms with Crippen LogP contribution in [0.2, 0.25) is 0 Å². The molecular weight excluding hydrogens is 472 g/mol. The third-order valence-corrected chi connectivity index (χ3v) is 1.90. The van der Waals surface area contributed by atoms with Gasteiger partial charge in [-0.05, 0) is 0 Å². The molecule has 0 aliphatic rings. The van der Waals surface area contributed by atoms with Gasteiger partial charge in [-0.2, -0.15) is 0 Å². The van der Waals surface area contributed by atoms with Gasteiger partial charge in [0.15, 0.2) is 19.8 Å². The van der Waals surface area contributed by atoms with Gasteiger partial charge in [-0.3, -0.25) is 28.8 Å². The van der Waals surface area contributed by atoms with E-state index in [2.05, 4.69) is 14.2 Å². The fraction of sp³-hybridized carbons (Fsp3) is 0.400. The molecule has 1 radical (unpaired) electrons. The molecule has 0 heterocycles. The van der Waals surface area contributed by atoms with Gasteiger partial charge in [0.25, 0.3) is 0 Å². The minimum Gasteiger partial charge on any atom is -0.542 e. The van der Waals surface area contributed by atoms with Crippen molar-refractivity contribution in [1.82, 2.24) is 0 Å². The van der Waals surface area contributed by atoms with Gasteiger partial charge in [0.05, 0.1) is 0 Å². The number of carboxylic acids is 3. The van der Waals surface area contributed by atoms with Crippen LogP contribution in [0.1, 0.15) is 20.8 Å². The molecule has 0 aliphatic carbocycles. The molecule has 0 saturated carbocycles. The number of hydrogen-bond donors (Lipinski definition) is 0. The zero-order chi connectivity index (χ0) is 24.4. The third kappa shape index (κ3) is 28.7. The summed E-state index contributed by atoms with van der Waals surface area (Å²) in [5.74, 6) is -11.4. The monoisotopic (exact) mass is 487 g/mol. The molecule has 0 aliphatic heterocycles. The minimum absolute atomic E-state index is 0. The maximum Gasteiger partial charge on any atom is 3.00 e. The second-order valence-corrected chi connectivity index (χ2v) is 4.47. The second-order valence-electron chi connectivity index (χ2n) is 4.47. The van der Waals surface area contributed by atoms with Gasteiger partial charge in [-0.1, -0.05) is 0 Å². The summed E-state index contributed by atoms with van der Waals surface area (Å²) in [5.41, 5.74) is 0. The normalized spacial score (nSPS) is 8.23. The number of rotatable bonds is 9. The van der Waals surface area contributed by atoms with Crippen molar-refractivity contribution in [2.24, 2.45) is 0 Å². The summed E-state index contributed by atoms with van der Waals surface area (Å²) in [4.78, 5) is 89.3. The van der Waals surface area contributed by atoms with E-state index in [1.165, 1.54) is 0 Å². The number of ether oxygens (including phenoxy) is 3. The first-order chi connectivity index (χ1) is 13.6. The quantitative estimate of drug-likeness (QED) is 0.166. The van der Waals surface area contributed by atoms with Gasteiger partial charge < -0.3 is 43.9 Å². The van der Waals surface area contributed by atoms with E-state index in [0.717, 1.165) is 20.8 Å². The first kappa shape index (κ1) is 34.8. The molecule has 31 heavy (non-hydrogen) atoms. The van der Waals surface area contributed by atoms with E-state index in [1.807, 2.05) is 0 Å². The number of aliphatic carboxylic acids is 3. The molecule has 0 fully saturated rings. The van der Waals surface area contributed by atoms with Crippen LogP contribution in [0.3, 0.4) is 0 Å². The molecule has 0 rings (SSSR count). The smallest absolute Gasteiger partial charge is 0.542 e. The van der Waals surface area contributed by atoms with E-state index in [0.29, 0.717) is 0 Å². The Hall–Kier alpha value is -3.64. The van der Waals surface area contributed by atoms with Crippen LogP contribution in [0.15, 0.2) is 0 Å².